The smallest absolute Gasteiger partial charge is 0.307 e. The Kier molecular flexibility index (Phi) is 6.87. The van der Waals surface area contributed by atoms with Crippen LogP contribution in [-0.4, -0.2) is 42.7 Å². The first kappa shape index (κ1) is 21.3. The average molecular weight is 401 g/mol. The molecular formula is C23H28FNO4. The van der Waals surface area contributed by atoms with Crippen molar-refractivity contribution in [2.24, 2.45) is 0 Å². The van der Waals surface area contributed by atoms with E-state index in [1.807, 2.05) is 45.0 Å². The molecular weight excluding hydrogens is 373 g/mol. The third-order valence-corrected chi connectivity index (χ3v) is 4.49. The van der Waals surface area contributed by atoms with Gasteiger partial charge < -0.3 is 14.2 Å². The average Bonchev–Trinajstić information content (AvgIpc) is 2.66. The van der Waals surface area contributed by atoms with Gasteiger partial charge in [-0.3, -0.25) is 9.69 Å². The van der Waals surface area contributed by atoms with Crippen molar-refractivity contribution in [1.82, 2.24) is 4.90 Å². The number of ether oxygens (including phenoxy) is 3. The van der Waals surface area contributed by atoms with Gasteiger partial charge in [0.1, 0.15) is 22.9 Å². The monoisotopic (exact) mass is 401 g/mol. The van der Waals surface area contributed by atoms with E-state index in [1.165, 1.54) is 12.1 Å². The summed E-state index contributed by atoms with van der Waals surface area (Å²) in [5, 5.41) is 0. The lowest BCUT2D eigenvalue weighted by Crippen LogP contribution is -2.39. The minimum absolute atomic E-state index is 0.0643. The standard InChI is InChI=1S/C23H28FNO4/c1-23(2,3)29-22(26)11-12-25-13-14-27-21(16-25)17-7-9-19(10-8-17)28-20-6-4-5-18(24)15-20/h4-10,15,21H,11-14,16H2,1-3H3. The fourth-order valence-corrected chi connectivity index (χ4v) is 3.17. The van der Waals surface area contributed by atoms with Crippen LogP contribution in [-0.2, 0) is 14.3 Å². The number of halogens is 1. The minimum atomic E-state index is -0.458. The number of carbonyl (C=O) groups is 1. The molecule has 1 saturated heterocycles. The molecule has 0 aromatic heterocycles. The molecule has 156 valence electrons. The fourth-order valence-electron chi connectivity index (χ4n) is 3.17. The maximum absolute atomic E-state index is 13.3. The summed E-state index contributed by atoms with van der Waals surface area (Å²) in [7, 11) is 0. The number of hydrogen-bond donors (Lipinski definition) is 0. The van der Waals surface area contributed by atoms with Crippen LogP contribution in [0.3, 0.4) is 0 Å². The number of benzene rings is 2. The SMILES string of the molecule is CC(C)(C)OC(=O)CCN1CCOC(c2ccc(Oc3cccc(F)c3)cc2)C1. The molecule has 1 heterocycles. The van der Waals surface area contributed by atoms with Gasteiger partial charge in [0.05, 0.1) is 19.1 Å². The van der Waals surface area contributed by atoms with E-state index >= 15 is 0 Å². The van der Waals surface area contributed by atoms with Crippen molar-refractivity contribution in [2.45, 2.75) is 38.9 Å². The molecule has 2 aromatic carbocycles. The quantitative estimate of drug-likeness (QED) is 0.656. The van der Waals surface area contributed by atoms with Crippen LogP contribution < -0.4 is 4.74 Å². The second-order valence-corrected chi connectivity index (χ2v) is 8.12. The van der Waals surface area contributed by atoms with Crippen molar-refractivity contribution in [3.05, 3.63) is 59.9 Å². The molecule has 1 aliphatic rings. The van der Waals surface area contributed by atoms with E-state index < -0.39 is 5.60 Å². The van der Waals surface area contributed by atoms with E-state index in [0.29, 0.717) is 37.6 Å². The summed E-state index contributed by atoms with van der Waals surface area (Å²) in [4.78, 5) is 14.2. The van der Waals surface area contributed by atoms with E-state index in [-0.39, 0.29) is 17.9 Å². The molecule has 3 rings (SSSR count). The van der Waals surface area contributed by atoms with Crippen molar-refractivity contribution in [1.29, 1.82) is 0 Å². The lowest BCUT2D eigenvalue weighted by atomic mass is 10.1. The van der Waals surface area contributed by atoms with Crippen molar-refractivity contribution < 1.29 is 23.4 Å². The summed E-state index contributed by atoms with van der Waals surface area (Å²) >= 11 is 0. The molecule has 5 nitrogen and oxygen atoms in total. The third kappa shape index (κ3) is 6.84. The Morgan fingerprint density at radius 3 is 2.62 bits per heavy atom. The molecule has 1 atom stereocenters. The molecule has 2 aromatic rings. The zero-order chi connectivity index (χ0) is 20.9. The van der Waals surface area contributed by atoms with Gasteiger partial charge in [0, 0.05) is 25.7 Å². The van der Waals surface area contributed by atoms with E-state index in [4.69, 9.17) is 14.2 Å². The lowest BCUT2D eigenvalue weighted by Gasteiger charge is -2.33. The third-order valence-electron chi connectivity index (χ3n) is 4.49. The first-order valence-electron chi connectivity index (χ1n) is 9.88. The molecule has 6 heteroatoms. The Hall–Kier alpha value is -2.44. The fraction of sp³-hybridized carbons (Fsp3) is 0.435. The second-order valence-electron chi connectivity index (χ2n) is 8.12. The Morgan fingerprint density at radius 1 is 1.17 bits per heavy atom. The summed E-state index contributed by atoms with van der Waals surface area (Å²) in [5.74, 6) is 0.581. The van der Waals surface area contributed by atoms with Crippen LogP contribution in [0.5, 0.6) is 11.5 Å². The maximum Gasteiger partial charge on any atom is 0.307 e. The Balaban J connectivity index is 1.53. The van der Waals surface area contributed by atoms with Gasteiger partial charge in [0.25, 0.3) is 0 Å². The first-order valence-corrected chi connectivity index (χ1v) is 9.88. The molecule has 1 unspecified atom stereocenters. The van der Waals surface area contributed by atoms with E-state index in [9.17, 15) is 9.18 Å². The normalized spacial score (nSPS) is 17.7. The van der Waals surface area contributed by atoms with Gasteiger partial charge >= 0.3 is 5.97 Å². The minimum Gasteiger partial charge on any atom is -0.460 e. The molecule has 0 spiro atoms. The van der Waals surface area contributed by atoms with E-state index in [1.54, 1.807) is 12.1 Å². The topological polar surface area (TPSA) is 48.0 Å². The molecule has 29 heavy (non-hydrogen) atoms. The first-order chi connectivity index (χ1) is 13.8. The van der Waals surface area contributed by atoms with Gasteiger partial charge in [-0.15, -0.1) is 0 Å². The van der Waals surface area contributed by atoms with Gasteiger partial charge in [-0.05, 0) is 50.6 Å². The number of morpholine rings is 1. The number of carbonyl (C=O) groups excluding carboxylic acids is 1. The van der Waals surface area contributed by atoms with Crippen molar-refractivity contribution in [2.75, 3.05) is 26.2 Å². The Labute approximate surface area is 171 Å². The molecule has 0 aliphatic carbocycles. The molecule has 0 radical (unpaired) electrons. The van der Waals surface area contributed by atoms with Gasteiger partial charge in [-0.1, -0.05) is 18.2 Å². The molecule has 0 saturated carbocycles. The number of rotatable bonds is 6. The predicted molar refractivity (Wildman–Crippen MR) is 109 cm³/mol. The maximum atomic E-state index is 13.3. The number of nitrogens with zero attached hydrogens (tertiary/aromatic N) is 1. The summed E-state index contributed by atoms with van der Waals surface area (Å²) in [5.41, 5.74) is 0.582. The van der Waals surface area contributed by atoms with E-state index in [0.717, 1.165) is 12.1 Å². The predicted octanol–water partition coefficient (Wildman–Crippen LogP) is 4.72. The lowest BCUT2D eigenvalue weighted by molar-refractivity contribution is -0.155. The van der Waals surface area contributed by atoms with Crippen LogP contribution in [0.15, 0.2) is 48.5 Å². The van der Waals surface area contributed by atoms with Gasteiger partial charge in [-0.25, -0.2) is 4.39 Å². The molecule has 1 aliphatic heterocycles. The Bertz CT molecular complexity index is 816. The molecule has 1 fully saturated rings. The largest absolute Gasteiger partial charge is 0.460 e. The highest BCUT2D eigenvalue weighted by Crippen LogP contribution is 2.27. The summed E-state index contributed by atoms with van der Waals surface area (Å²) in [6, 6.07) is 13.7. The summed E-state index contributed by atoms with van der Waals surface area (Å²) in [6.45, 7) is 8.38. The van der Waals surface area contributed by atoms with Gasteiger partial charge in [0.15, 0.2) is 0 Å². The molecule has 0 N–H and O–H groups in total. The van der Waals surface area contributed by atoms with Gasteiger partial charge in [-0.2, -0.15) is 0 Å². The highest BCUT2D eigenvalue weighted by molar-refractivity contribution is 5.70. The van der Waals surface area contributed by atoms with Gasteiger partial charge in [0.2, 0.25) is 0 Å². The van der Waals surface area contributed by atoms with Crippen LogP contribution in [0.2, 0.25) is 0 Å². The summed E-state index contributed by atoms with van der Waals surface area (Å²) in [6.07, 6.45) is 0.301. The second kappa shape index (κ2) is 9.37. The van der Waals surface area contributed by atoms with Crippen molar-refractivity contribution in [3.63, 3.8) is 0 Å². The zero-order valence-electron chi connectivity index (χ0n) is 17.2. The molecule has 0 bridgehead atoms. The van der Waals surface area contributed by atoms with Crippen LogP contribution >= 0.6 is 0 Å². The van der Waals surface area contributed by atoms with Crippen LogP contribution in [0.25, 0.3) is 0 Å². The van der Waals surface area contributed by atoms with Crippen molar-refractivity contribution >= 4 is 5.97 Å². The number of hydrogen-bond acceptors (Lipinski definition) is 5. The highest BCUT2D eigenvalue weighted by atomic mass is 19.1. The van der Waals surface area contributed by atoms with Crippen LogP contribution in [0.4, 0.5) is 4.39 Å². The Morgan fingerprint density at radius 2 is 1.93 bits per heavy atom. The number of esters is 1. The zero-order valence-corrected chi connectivity index (χ0v) is 17.2. The van der Waals surface area contributed by atoms with E-state index in [2.05, 4.69) is 4.90 Å². The van der Waals surface area contributed by atoms with Crippen LogP contribution in [0.1, 0.15) is 38.9 Å². The molecule has 0 amide bonds. The van der Waals surface area contributed by atoms with Crippen LogP contribution in [0, 0.1) is 5.82 Å². The van der Waals surface area contributed by atoms with Crippen molar-refractivity contribution in [3.8, 4) is 11.5 Å². The highest BCUT2D eigenvalue weighted by Gasteiger charge is 2.23. The summed E-state index contributed by atoms with van der Waals surface area (Å²) < 4.78 is 30.2.